The molecule has 7 nitrogen and oxygen atoms in total. The van der Waals surface area contributed by atoms with Gasteiger partial charge >= 0.3 is 5.97 Å². The number of hydrogen-bond donors (Lipinski definition) is 1. The number of ether oxygens (including phenoxy) is 1. The minimum Gasteiger partial charge on any atom is -0.457 e. The van der Waals surface area contributed by atoms with Crippen molar-refractivity contribution >= 4 is 40.1 Å². The van der Waals surface area contributed by atoms with E-state index in [1.54, 1.807) is 18.3 Å². The summed E-state index contributed by atoms with van der Waals surface area (Å²) in [6, 6.07) is 11.7. The highest BCUT2D eigenvalue weighted by atomic mass is 32.2. The number of ketones is 1. The zero-order chi connectivity index (χ0) is 20.1. The third-order valence-electron chi connectivity index (χ3n) is 4.25. The molecule has 2 aromatic carbocycles. The van der Waals surface area contributed by atoms with Gasteiger partial charge in [0.15, 0.2) is 6.61 Å². The number of rotatable bonds is 8. The van der Waals surface area contributed by atoms with Crippen LogP contribution in [0.4, 0.5) is 5.69 Å². The number of thioether (sulfide) groups is 1. The molecule has 0 radical (unpaired) electrons. The lowest BCUT2D eigenvalue weighted by atomic mass is 10.1. The first-order chi connectivity index (χ1) is 13.5. The number of aromatic amines is 1. The van der Waals surface area contributed by atoms with Crippen molar-refractivity contribution in [1.82, 2.24) is 4.98 Å². The smallest absolute Gasteiger partial charge is 0.316 e. The van der Waals surface area contributed by atoms with E-state index in [2.05, 4.69) is 4.98 Å². The lowest BCUT2D eigenvalue weighted by Gasteiger charge is -2.05. The van der Waals surface area contributed by atoms with E-state index in [0.717, 1.165) is 22.9 Å². The molecular formula is C20H18N2O5S. The average molecular weight is 398 g/mol. The number of aryl methyl sites for hydroxylation is 1. The molecule has 0 aliphatic heterocycles. The Kier molecular flexibility index (Phi) is 6.10. The summed E-state index contributed by atoms with van der Waals surface area (Å²) in [6.45, 7) is 1.71. The second kappa shape index (κ2) is 8.71. The minimum atomic E-state index is -0.522. The standard InChI is InChI=1S/C20H18N2O5S/c1-2-13-4-3-5-16-17(10-21-20(13)16)18(23)11-27-19(24)12-28-15-8-6-14(7-9-15)22(25)26/h3-10,21H,2,11-12H2,1H3. The van der Waals surface area contributed by atoms with E-state index in [-0.39, 0.29) is 23.8 Å². The number of esters is 1. The van der Waals surface area contributed by atoms with Crippen LogP contribution >= 0.6 is 11.8 Å². The van der Waals surface area contributed by atoms with Crippen molar-refractivity contribution in [2.75, 3.05) is 12.4 Å². The SMILES string of the molecule is CCc1cccc2c(C(=O)COC(=O)CSc3ccc([N+](=O)[O-])cc3)c[nH]c12. The highest BCUT2D eigenvalue weighted by Gasteiger charge is 2.16. The molecular weight excluding hydrogens is 380 g/mol. The maximum atomic E-state index is 12.4. The molecule has 0 aliphatic carbocycles. The van der Waals surface area contributed by atoms with E-state index < -0.39 is 10.9 Å². The molecule has 3 aromatic rings. The largest absolute Gasteiger partial charge is 0.457 e. The van der Waals surface area contributed by atoms with Crippen molar-refractivity contribution in [2.24, 2.45) is 0 Å². The summed E-state index contributed by atoms with van der Waals surface area (Å²) >= 11 is 1.19. The number of nitrogens with one attached hydrogen (secondary N) is 1. The first kappa shape index (κ1) is 19.6. The van der Waals surface area contributed by atoms with Crippen LogP contribution in [0, 0.1) is 10.1 Å². The summed E-state index contributed by atoms with van der Waals surface area (Å²) in [5.41, 5.74) is 2.53. The van der Waals surface area contributed by atoms with Gasteiger partial charge in [-0.1, -0.05) is 25.1 Å². The molecule has 8 heteroatoms. The molecule has 0 aliphatic rings. The predicted octanol–water partition coefficient (Wildman–Crippen LogP) is 4.16. The van der Waals surface area contributed by atoms with Crippen molar-refractivity contribution in [2.45, 2.75) is 18.2 Å². The molecule has 1 N–H and O–H groups in total. The lowest BCUT2D eigenvalue weighted by Crippen LogP contribution is -2.15. The molecule has 0 atom stereocenters. The monoisotopic (exact) mass is 398 g/mol. The second-order valence-corrected chi connectivity index (χ2v) is 7.07. The number of fused-ring (bicyclic) bond motifs is 1. The van der Waals surface area contributed by atoms with Crippen molar-refractivity contribution in [3.8, 4) is 0 Å². The molecule has 0 bridgehead atoms. The van der Waals surface area contributed by atoms with E-state index >= 15 is 0 Å². The van der Waals surface area contributed by atoms with E-state index in [4.69, 9.17) is 4.74 Å². The number of nitrogens with zero attached hydrogens (tertiary/aromatic N) is 1. The van der Waals surface area contributed by atoms with Gasteiger partial charge in [-0.2, -0.15) is 0 Å². The fourth-order valence-electron chi connectivity index (χ4n) is 2.81. The molecule has 0 unspecified atom stereocenters. The third-order valence-corrected chi connectivity index (χ3v) is 5.24. The van der Waals surface area contributed by atoms with Crippen molar-refractivity contribution in [1.29, 1.82) is 0 Å². The molecule has 1 heterocycles. The van der Waals surface area contributed by atoms with Gasteiger partial charge in [0.05, 0.1) is 10.7 Å². The predicted molar refractivity (Wildman–Crippen MR) is 107 cm³/mol. The van der Waals surface area contributed by atoms with Crippen LogP contribution in [0.3, 0.4) is 0 Å². The zero-order valence-electron chi connectivity index (χ0n) is 15.1. The number of carbonyl (C=O) groups excluding carboxylic acids is 2. The quantitative estimate of drug-likeness (QED) is 0.201. The van der Waals surface area contributed by atoms with Gasteiger partial charge in [0, 0.05) is 39.7 Å². The van der Waals surface area contributed by atoms with Gasteiger partial charge in [0.25, 0.3) is 5.69 Å². The summed E-state index contributed by atoms with van der Waals surface area (Å²) in [5.74, 6) is -0.780. The summed E-state index contributed by atoms with van der Waals surface area (Å²) in [5, 5.41) is 11.5. The maximum absolute atomic E-state index is 12.4. The van der Waals surface area contributed by atoms with Crippen molar-refractivity contribution in [3.63, 3.8) is 0 Å². The van der Waals surface area contributed by atoms with Crippen LogP contribution in [0.15, 0.2) is 53.6 Å². The number of Topliss-reactive ketones (excluding diaryl/α,β-unsaturated/α-hetero) is 1. The minimum absolute atomic E-state index is 0.0116. The molecule has 1 aromatic heterocycles. The number of carbonyl (C=O) groups is 2. The van der Waals surface area contributed by atoms with Crippen molar-refractivity contribution in [3.05, 3.63) is 69.9 Å². The first-order valence-corrected chi connectivity index (χ1v) is 9.63. The summed E-state index contributed by atoms with van der Waals surface area (Å²) in [4.78, 5) is 38.3. The Morgan fingerprint density at radius 3 is 2.61 bits per heavy atom. The Morgan fingerprint density at radius 2 is 1.93 bits per heavy atom. The maximum Gasteiger partial charge on any atom is 0.316 e. The molecule has 0 saturated carbocycles. The van der Waals surface area contributed by atoms with Gasteiger partial charge < -0.3 is 9.72 Å². The number of non-ortho nitro benzene ring substituents is 1. The number of nitro groups is 1. The normalized spacial score (nSPS) is 10.8. The van der Waals surface area contributed by atoms with Crippen molar-refractivity contribution < 1.29 is 19.2 Å². The number of aromatic nitrogens is 1. The molecule has 3 rings (SSSR count). The molecule has 28 heavy (non-hydrogen) atoms. The van der Waals surface area contributed by atoms with Crippen LogP contribution in [0.1, 0.15) is 22.8 Å². The van der Waals surface area contributed by atoms with E-state index in [9.17, 15) is 19.7 Å². The Labute approximate surface area is 165 Å². The molecule has 0 saturated heterocycles. The van der Waals surface area contributed by atoms with E-state index in [1.165, 1.54) is 23.9 Å². The number of hydrogen-bond acceptors (Lipinski definition) is 6. The summed E-state index contributed by atoms with van der Waals surface area (Å²) in [6.07, 6.45) is 2.49. The lowest BCUT2D eigenvalue weighted by molar-refractivity contribution is -0.384. The molecule has 144 valence electrons. The first-order valence-electron chi connectivity index (χ1n) is 8.64. The van der Waals surface area contributed by atoms with E-state index in [0.29, 0.717) is 10.5 Å². The number of benzene rings is 2. The summed E-state index contributed by atoms with van der Waals surface area (Å²) in [7, 11) is 0. The highest BCUT2D eigenvalue weighted by molar-refractivity contribution is 8.00. The van der Waals surface area contributed by atoms with Crippen LogP contribution in [0.5, 0.6) is 0 Å². The number of nitro benzene ring substituents is 1. The number of H-pyrrole nitrogens is 1. The topological polar surface area (TPSA) is 102 Å². The fourth-order valence-corrected chi connectivity index (χ4v) is 3.51. The third kappa shape index (κ3) is 4.40. The van der Waals surface area contributed by atoms with Gasteiger partial charge in [-0.05, 0) is 24.1 Å². The van der Waals surface area contributed by atoms with E-state index in [1.807, 2.05) is 25.1 Å². The van der Waals surface area contributed by atoms with Crippen LogP contribution in [-0.2, 0) is 16.0 Å². The van der Waals surface area contributed by atoms with Crippen LogP contribution in [-0.4, -0.2) is 34.0 Å². The Balaban J connectivity index is 1.54. The van der Waals surface area contributed by atoms with Crippen LogP contribution < -0.4 is 0 Å². The zero-order valence-corrected chi connectivity index (χ0v) is 16.0. The second-order valence-electron chi connectivity index (χ2n) is 6.02. The van der Waals surface area contributed by atoms with Gasteiger partial charge in [-0.3, -0.25) is 19.7 Å². The van der Waals surface area contributed by atoms with Crippen LogP contribution in [0.25, 0.3) is 10.9 Å². The Bertz CT molecular complexity index is 1030. The highest BCUT2D eigenvalue weighted by Crippen LogP contribution is 2.23. The molecule has 0 amide bonds. The fraction of sp³-hybridized carbons (Fsp3) is 0.200. The number of para-hydroxylation sites is 1. The van der Waals surface area contributed by atoms with Gasteiger partial charge in [-0.15, -0.1) is 11.8 Å². The molecule has 0 spiro atoms. The van der Waals surface area contributed by atoms with Crippen LogP contribution in [0.2, 0.25) is 0 Å². The Hall–Kier alpha value is -3.13. The van der Waals surface area contributed by atoms with Gasteiger partial charge in [-0.25, -0.2) is 0 Å². The van der Waals surface area contributed by atoms with Gasteiger partial charge in [0.2, 0.25) is 5.78 Å². The average Bonchev–Trinajstić information content (AvgIpc) is 3.15. The molecule has 0 fully saturated rings. The summed E-state index contributed by atoms with van der Waals surface area (Å²) < 4.78 is 5.09. The Morgan fingerprint density at radius 1 is 1.18 bits per heavy atom. The van der Waals surface area contributed by atoms with Gasteiger partial charge in [0.1, 0.15) is 0 Å².